The highest BCUT2D eigenvalue weighted by atomic mass is 79.9. The lowest BCUT2D eigenvalue weighted by atomic mass is 10.1. The van der Waals surface area contributed by atoms with Gasteiger partial charge >= 0.3 is 5.97 Å². The molecular weight excluding hydrogens is 334 g/mol. The van der Waals surface area contributed by atoms with Gasteiger partial charge in [-0.2, -0.15) is 0 Å². The SMILES string of the molecule is O=C(O)C1CNCCN1Cc1ccc(Br)c2cccnc12. The van der Waals surface area contributed by atoms with Gasteiger partial charge in [-0.15, -0.1) is 0 Å². The molecular formula is C15H16BrN3O2. The molecule has 21 heavy (non-hydrogen) atoms. The Morgan fingerprint density at radius 2 is 2.33 bits per heavy atom. The molecule has 5 nitrogen and oxygen atoms in total. The zero-order chi connectivity index (χ0) is 14.8. The number of rotatable bonds is 3. The number of nitrogens with one attached hydrogen (secondary N) is 1. The largest absolute Gasteiger partial charge is 0.480 e. The predicted molar refractivity (Wildman–Crippen MR) is 84.1 cm³/mol. The number of hydrogen-bond acceptors (Lipinski definition) is 4. The van der Waals surface area contributed by atoms with E-state index in [9.17, 15) is 9.90 Å². The third-order valence-corrected chi connectivity index (χ3v) is 4.50. The van der Waals surface area contributed by atoms with Gasteiger partial charge in [0.2, 0.25) is 0 Å². The van der Waals surface area contributed by atoms with Crippen LogP contribution in [0.4, 0.5) is 0 Å². The number of nitrogens with zero attached hydrogens (tertiary/aromatic N) is 2. The fraction of sp³-hybridized carbons (Fsp3) is 0.333. The van der Waals surface area contributed by atoms with Gasteiger partial charge in [-0.25, -0.2) is 0 Å². The lowest BCUT2D eigenvalue weighted by molar-refractivity contribution is -0.144. The molecule has 3 rings (SSSR count). The van der Waals surface area contributed by atoms with E-state index in [0.29, 0.717) is 13.1 Å². The maximum atomic E-state index is 11.4. The number of carboxylic acid groups (broad SMARTS) is 1. The lowest BCUT2D eigenvalue weighted by Crippen LogP contribution is -2.54. The van der Waals surface area contributed by atoms with Gasteiger partial charge < -0.3 is 10.4 Å². The number of hydrogen-bond donors (Lipinski definition) is 2. The number of pyridine rings is 1. The van der Waals surface area contributed by atoms with Crippen LogP contribution < -0.4 is 5.32 Å². The van der Waals surface area contributed by atoms with Gasteiger partial charge in [-0.1, -0.05) is 28.1 Å². The monoisotopic (exact) mass is 349 g/mol. The minimum Gasteiger partial charge on any atom is -0.480 e. The first-order valence-corrected chi connectivity index (χ1v) is 7.66. The van der Waals surface area contributed by atoms with Crippen LogP contribution in [0.1, 0.15) is 5.56 Å². The first-order valence-electron chi connectivity index (χ1n) is 6.86. The normalized spacial score (nSPS) is 19.8. The van der Waals surface area contributed by atoms with Crippen molar-refractivity contribution in [2.24, 2.45) is 0 Å². The van der Waals surface area contributed by atoms with Crippen LogP contribution >= 0.6 is 15.9 Å². The summed E-state index contributed by atoms with van der Waals surface area (Å²) >= 11 is 3.53. The van der Waals surface area contributed by atoms with Gasteiger partial charge in [0.1, 0.15) is 6.04 Å². The molecule has 1 aliphatic heterocycles. The molecule has 0 aliphatic carbocycles. The lowest BCUT2D eigenvalue weighted by Gasteiger charge is -2.33. The van der Waals surface area contributed by atoms with Crippen LogP contribution in [0.15, 0.2) is 34.9 Å². The second-order valence-corrected chi connectivity index (χ2v) is 5.99. The van der Waals surface area contributed by atoms with Crippen molar-refractivity contribution in [1.29, 1.82) is 0 Å². The van der Waals surface area contributed by atoms with Crippen LogP contribution in [0, 0.1) is 0 Å². The van der Waals surface area contributed by atoms with Crippen molar-refractivity contribution in [3.63, 3.8) is 0 Å². The van der Waals surface area contributed by atoms with Crippen LogP contribution in [0.5, 0.6) is 0 Å². The Balaban J connectivity index is 1.94. The van der Waals surface area contributed by atoms with Crippen LogP contribution in [-0.4, -0.2) is 46.6 Å². The number of benzene rings is 1. The minimum atomic E-state index is -0.781. The van der Waals surface area contributed by atoms with E-state index in [1.54, 1.807) is 6.20 Å². The molecule has 1 saturated heterocycles. The summed E-state index contributed by atoms with van der Waals surface area (Å²) in [7, 11) is 0. The molecule has 0 bridgehead atoms. The Labute approximate surface area is 131 Å². The van der Waals surface area contributed by atoms with E-state index in [4.69, 9.17) is 0 Å². The van der Waals surface area contributed by atoms with Crippen LogP contribution in [0.2, 0.25) is 0 Å². The summed E-state index contributed by atoms with van der Waals surface area (Å²) in [6.45, 7) is 2.61. The van der Waals surface area contributed by atoms with Crippen LogP contribution in [0.3, 0.4) is 0 Å². The Hall–Kier alpha value is -1.50. The Morgan fingerprint density at radius 3 is 3.14 bits per heavy atom. The summed E-state index contributed by atoms with van der Waals surface area (Å²) in [5.74, 6) is -0.781. The van der Waals surface area contributed by atoms with E-state index >= 15 is 0 Å². The number of aromatic nitrogens is 1. The number of carbonyl (C=O) groups is 1. The molecule has 2 N–H and O–H groups in total. The maximum absolute atomic E-state index is 11.4. The number of piperazine rings is 1. The van der Waals surface area contributed by atoms with Gasteiger partial charge in [0.05, 0.1) is 5.52 Å². The second-order valence-electron chi connectivity index (χ2n) is 5.13. The van der Waals surface area contributed by atoms with E-state index in [1.165, 1.54) is 0 Å². The summed E-state index contributed by atoms with van der Waals surface area (Å²) in [5.41, 5.74) is 1.98. The number of carboxylic acids is 1. The molecule has 110 valence electrons. The summed E-state index contributed by atoms with van der Waals surface area (Å²) in [4.78, 5) is 17.8. The average Bonchev–Trinajstić information content (AvgIpc) is 2.51. The second kappa shape index (κ2) is 6.09. The van der Waals surface area contributed by atoms with Gasteiger partial charge in [0.15, 0.2) is 0 Å². The van der Waals surface area contributed by atoms with Gasteiger partial charge in [-0.05, 0) is 17.7 Å². The Kier molecular flexibility index (Phi) is 4.19. The molecule has 0 spiro atoms. The molecule has 0 saturated carbocycles. The number of halogens is 1. The summed E-state index contributed by atoms with van der Waals surface area (Å²) in [6.07, 6.45) is 1.77. The number of fused-ring (bicyclic) bond motifs is 1. The van der Waals surface area contributed by atoms with Gasteiger partial charge in [-0.3, -0.25) is 14.7 Å². The Morgan fingerprint density at radius 1 is 1.48 bits per heavy atom. The van der Waals surface area contributed by atoms with E-state index < -0.39 is 12.0 Å². The van der Waals surface area contributed by atoms with Crippen molar-refractivity contribution in [1.82, 2.24) is 15.2 Å². The number of aliphatic carboxylic acids is 1. The molecule has 1 aromatic heterocycles. The van der Waals surface area contributed by atoms with Crippen molar-refractivity contribution >= 4 is 32.8 Å². The minimum absolute atomic E-state index is 0.483. The molecule has 2 heterocycles. The topological polar surface area (TPSA) is 65.5 Å². The quantitative estimate of drug-likeness (QED) is 0.885. The molecule has 1 atom stereocenters. The fourth-order valence-electron chi connectivity index (χ4n) is 2.72. The van der Waals surface area contributed by atoms with Gasteiger partial charge in [0, 0.05) is 42.2 Å². The van der Waals surface area contributed by atoms with E-state index in [2.05, 4.69) is 26.2 Å². The summed E-state index contributed by atoms with van der Waals surface area (Å²) < 4.78 is 1.00. The molecule has 1 fully saturated rings. The third-order valence-electron chi connectivity index (χ3n) is 3.81. The van der Waals surface area contributed by atoms with E-state index in [0.717, 1.165) is 34.0 Å². The molecule has 0 radical (unpaired) electrons. The van der Waals surface area contributed by atoms with E-state index in [-0.39, 0.29) is 0 Å². The third kappa shape index (κ3) is 2.92. The fourth-order valence-corrected chi connectivity index (χ4v) is 3.17. The predicted octanol–water partition coefficient (Wildman–Crippen LogP) is 1.86. The smallest absolute Gasteiger partial charge is 0.322 e. The Bertz CT molecular complexity index is 677. The highest BCUT2D eigenvalue weighted by Gasteiger charge is 2.28. The first kappa shape index (κ1) is 14.4. The first-order chi connectivity index (χ1) is 10.2. The van der Waals surface area contributed by atoms with Crippen molar-refractivity contribution in [2.45, 2.75) is 12.6 Å². The van der Waals surface area contributed by atoms with Crippen molar-refractivity contribution < 1.29 is 9.90 Å². The van der Waals surface area contributed by atoms with Gasteiger partial charge in [0.25, 0.3) is 0 Å². The summed E-state index contributed by atoms with van der Waals surface area (Å²) in [6, 6.07) is 7.45. The summed E-state index contributed by atoms with van der Waals surface area (Å²) in [5, 5.41) is 13.5. The molecule has 1 aromatic carbocycles. The van der Waals surface area contributed by atoms with Crippen LogP contribution in [0.25, 0.3) is 10.9 Å². The molecule has 0 amide bonds. The molecule has 1 unspecified atom stereocenters. The standard InChI is InChI=1S/C15H16BrN3O2/c16-12-4-3-10(14-11(12)2-1-5-18-14)9-19-7-6-17-8-13(19)15(20)21/h1-5,13,17H,6-9H2,(H,20,21). The highest BCUT2D eigenvalue weighted by molar-refractivity contribution is 9.10. The molecule has 1 aliphatic rings. The zero-order valence-electron chi connectivity index (χ0n) is 11.4. The van der Waals surface area contributed by atoms with Crippen molar-refractivity contribution in [2.75, 3.05) is 19.6 Å². The highest BCUT2D eigenvalue weighted by Crippen LogP contribution is 2.26. The van der Waals surface area contributed by atoms with Crippen molar-refractivity contribution in [3.8, 4) is 0 Å². The van der Waals surface area contributed by atoms with Crippen molar-refractivity contribution in [3.05, 3.63) is 40.5 Å². The molecule has 6 heteroatoms. The van der Waals surface area contributed by atoms with E-state index in [1.807, 2.05) is 29.2 Å². The zero-order valence-corrected chi connectivity index (χ0v) is 13.0. The van der Waals surface area contributed by atoms with Crippen LogP contribution in [-0.2, 0) is 11.3 Å². The maximum Gasteiger partial charge on any atom is 0.322 e. The average molecular weight is 350 g/mol. The molecule has 2 aromatic rings.